The van der Waals surface area contributed by atoms with Gasteiger partial charge in [-0.2, -0.15) is 0 Å². The van der Waals surface area contributed by atoms with E-state index in [2.05, 4.69) is 27.0 Å². The van der Waals surface area contributed by atoms with E-state index in [4.69, 9.17) is 9.84 Å². The van der Waals surface area contributed by atoms with E-state index in [1.807, 2.05) is 24.3 Å². The first-order chi connectivity index (χ1) is 9.39. The summed E-state index contributed by atoms with van der Waals surface area (Å²) in [5, 5.41) is 10.6. The molecule has 0 spiro atoms. The van der Waals surface area contributed by atoms with Gasteiger partial charge in [0.25, 0.3) is 0 Å². The van der Waals surface area contributed by atoms with E-state index in [0.717, 1.165) is 21.9 Å². The molecule has 2 aromatic rings. The molecule has 0 atom stereocenters. The fraction of sp³-hybridized carbons (Fsp3) is 0.333. The maximum Gasteiger partial charge on any atom is 0.506 e. The minimum absolute atomic E-state index is 0.440. The minimum Gasteiger partial charge on any atom is -0.450 e. The van der Waals surface area contributed by atoms with Gasteiger partial charge in [-0.1, -0.05) is 28.1 Å². The summed E-state index contributed by atoms with van der Waals surface area (Å²) in [4.78, 5) is 15.2. The van der Waals surface area contributed by atoms with Gasteiger partial charge < -0.3 is 9.84 Å². The van der Waals surface area contributed by atoms with Gasteiger partial charge in [0.1, 0.15) is 5.60 Å². The summed E-state index contributed by atoms with van der Waals surface area (Å²) in [6.07, 6.45) is -0.826. The quantitative estimate of drug-likeness (QED) is 0.672. The zero-order valence-corrected chi connectivity index (χ0v) is 13.0. The molecule has 0 fully saturated rings. The topological polar surface area (TPSA) is 59.4 Å². The second-order valence-corrected chi connectivity index (χ2v) is 5.83. The molecule has 5 heteroatoms. The lowest BCUT2D eigenvalue weighted by Crippen LogP contribution is -2.30. The lowest BCUT2D eigenvalue weighted by molar-refractivity contribution is 0.00381. The van der Waals surface area contributed by atoms with Gasteiger partial charge in [-0.15, -0.1) is 0 Å². The van der Waals surface area contributed by atoms with Crippen LogP contribution >= 0.6 is 15.9 Å². The largest absolute Gasteiger partial charge is 0.506 e. The average Bonchev–Trinajstić information content (AvgIpc) is 2.36. The van der Waals surface area contributed by atoms with E-state index >= 15 is 0 Å². The molecule has 0 radical (unpaired) electrons. The molecule has 0 aliphatic heterocycles. The second-order valence-electron chi connectivity index (χ2n) is 5.27. The normalized spacial score (nSPS) is 11.6. The molecule has 1 aromatic heterocycles. The second kappa shape index (κ2) is 5.79. The number of alkyl halides is 1. The first-order valence-electron chi connectivity index (χ1n) is 6.26. The molecule has 1 N–H and O–H groups in total. The Morgan fingerprint density at radius 1 is 1.35 bits per heavy atom. The monoisotopic (exact) mass is 337 g/mol. The van der Waals surface area contributed by atoms with Crippen molar-refractivity contribution in [3.8, 4) is 0 Å². The predicted octanol–water partition coefficient (Wildman–Crippen LogP) is 4.15. The molecular weight excluding hydrogens is 322 g/mol. The molecule has 20 heavy (non-hydrogen) atoms. The Labute approximate surface area is 125 Å². The Bertz CT molecular complexity index is 640. The molecular formula is C15H16BrNO3. The molecule has 0 amide bonds. The first kappa shape index (κ1) is 14.8. The van der Waals surface area contributed by atoms with Gasteiger partial charge in [0.2, 0.25) is 0 Å². The smallest absolute Gasteiger partial charge is 0.450 e. The first-order valence-corrected chi connectivity index (χ1v) is 7.38. The van der Waals surface area contributed by atoms with Gasteiger partial charge in [-0.3, -0.25) is 4.98 Å². The Hall–Kier alpha value is -1.62. The number of benzene rings is 1. The SMILES string of the molecule is CC(C)(Cc1ccc2cc(CBr)ccc2n1)OC(=O)O. The number of carbonyl (C=O) groups is 1. The maximum atomic E-state index is 10.6. The summed E-state index contributed by atoms with van der Waals surface area (Å²) in [6.45, 7) is 3.47. The lowest BCUT2D eigenvalue weighted by atomic mass is 10.0. The van der Waals surface area contributed by atoms with E-state index in [9.17, 15) is 4.79 Å². The highest BCUT2D eigenvalue weighted by atomic mass is 79.9. The van der Waals surface area contributed by atoms with Gasteiger partial charge in [0, 0.05) is 22.8 Å². The number of rotatable bonds is 4. The number of ether oxygens (including phenoxy) is 1. The van der Waals surface area contributed by atoms with Gasteiger partial charge in [0.05, 0.1) is 5.52 Å². The van der Waals surface area contributed by atoms with Crippen molar-refractivity contribution in [3.63, 3.8) is 0 Å². The van der Waals surface area contributed by atoms with Crippen molar-refractivity contribution < 1.29 is 14.6 Å². The molecule has 1 aromatic carbocycles. The van der Waals surface area contributed by atoms with E-state index in [1.165, 1.54) is 5.56 Å². The number of carboxylic acid groups (broad SMARTS) is 1. The number of fused-ring (bicyclic) bond motifs is 1. The average molecular weight is 338 g/mol. The van der Waals surface area contributed by atoms with E-state index in [-0.39, 0.29) is 0 Å². The molecule has 0 saturated heterocycles. The Morgan fingerprint density at radius 2 is 2.10 bits per heavy atom. The highest BCUT2D eigenvalue weighted by Crippen LogP contribution is 2.20. The number of pyridine rings is 1. The van der Waals surface area contributed by atoms with Gasteiger partial charge in [-0.05, 0) is 37.6 Å². The summed E-state index contributed by atoms with van der Waals surface area (Å²) in [5.74, 6) is 0. The van der Waals surface area contributed by atoms with Crippen molar-refractivity contribution in [1.29, 1.82) is 0 Å². The third kappa shape index (κ3) is 3.70. The number of hydrogen-bond acceptors (Lipinski definition) is 3. The van der Waals surface area contributed by atoms with Gasteiger partial charge in [0.15, 0.2) is 0 Å². The fourth-order valence-electron chi connectivity index (χ4n) is 2.11. The van der Waals surface area contributed by atoms with Crippen molar-refractivity contribution in [2.24, 2.45) is 0 Å². The van der Waals surface area contributed by atoms with Crippen molar-refractivity contribution in [1.82, 2.24) is 4.98 Å². The zero-order chi connectivity index (χ0) is 14.8. The standard InChI is InChI=1S/C15H16BrNO3/c1-15(2,20-14(18)19)8-12-5-4-11-7-10(9-16)3-6-13(11)17-12/h3-7H,8-9H2,1-2H3,(H,18,19). The molecule has 0 saturated carbocycles. The minimum atomic E-state index is -1.27. The van der Waals surface area contributed by atoms with Crippen LogP contribution in [0.25, 0.3) is 10.9 Å². The molecule has 106 valence electrons. The van der Waals surface area contributed by atoms with Crippen molar-refractivity contribution in [2.75, 3.05) is 0 Å². The summed E-state index contributed by atoms with van der Waals surface area (Å²) < 4.78 is 4.86. The number of halogens is 1. The summed E-state index contributed by atoms with van der Waals surface area (Å²) >= 11 is 3.43. The maximum absolute atomic E-state index is 10.6. The lowest BCUT2D eigenvalue weighted by Gasteiger charge is -2.22. The number of nitrogens with zero attached hydrogens (tertiary/aromatic N) is 1. The van der Waals surface area contributed by atoms with Gasteiger partial charge in [-0.25, -0.2) is 4.79 Å². The van der Waals surface area contributed by atoms with Crippen LogP contribution in [0.4, 0.5) is 4.79 Å². The Balaban J connectivity index is 2.26. The Morgan fingerprint density at radius 3 is 2.75 bits per heavy atom. The molecule has 0 aliphatic rings. The molecule has 0 aliphatic carbocycles. The molecule has 2 rings (SSSR count). The molecule has 1 heterocycles. The fourth-order valence-corrected chi connectivity index (χ4v) is 2.46. The molecule has 0 unspecified atom stereocenters. The van der Waals surface area contributed by atoms with Crippen LogP contribution in [-0.2, 0) is 16.5 Å². The third-order valence-corrected chi connectivity index (χ3v) is 3.58. The van der Waals surface area contributed by atoms with Crippen LogP contribution in [-0.4, -0.2) is 21.8 Å². The van der Waals surface area contributed by atoms with E-state index < -0.39 is 11.8 Å². The van der Waals surface area contributed by atoms with Crippen LogP contribution in [0.1, 0.15) is 25.1 Å². The zero-order valence-electron chi connectivity index (χ0n) is 11.4. The van der Waals surface area contributed by atoms with E-state index in [1.54, 1.807) is 13.8 Å². The van der Waals surface area contributed by atoms with Crippen LogP contribution in [0.5, 0.6) is 0 Å². The third-order valence-electron chi connectivity index (χ3n) is 2.94. The van der Waals surface area contributed by atoms with Crippen LogP contribution in [0.3, 0.4) is 0 Å². The van der Waals surface area contributed by atoms with Crippen molar-refractivity contribution >= 4 is 33.0 Å². The summed E-state index contributed by atoms with van der Waals surface area (Å²) in [5.41, 5.74) is 2.12. The van der Waals surface area contributed by atoms with Crippen LogP contribution in [0, 0.1) is 0 Å². The number of aromatic nitrogens is 1. The van der Waals surface area contributed by atoms with Crippen molar-refractivity contribution in [2.45, 2.75) is 31.2 Å². The number of hydrogen-bond donors (Lipinski definition) is 1. The highest BCUT2D eigenvalue weighted by Gasteiger charge is 2.23. The van der Waals surface area contributed by atoms with Crippen LogP contribution in [0.15, 0.2) is 30.3 Å². The Kier molecular flexibility index (Phi) is 4.28. The summed E-state index contributed by atoms with van der Waals surface area (Å²) in [7, 11) is 0. The predicted molar refractivity (Wildman–Crippen MR) is 81.3 cm³/mol. The van der Waals surface area contributed by atoms with Crippen molar-refractivity contribution in [3.05, 3.63) is 41.6 Å². The van der Waals surface area contributed by atoms with Crippen LogP contribution < -0.4 is 0 Å². The highest BCUT2D eigenvalue weighted by molar-refractivity contribution is 9.08. The van der Waals surface area contributed by atoms with E-state index in [0.29, 0.717) is 6.42 Å². The van der Waals surface area contributed by atoms with Crippen LogP contribution in [0.2, 0.25) is 0 Å². The van der Waals surface area contributed by atoms with Gasteiger partial charge >= 0.3 is 6.16 Å². The summed E-state index contributed by atoms with van der Waals surface area (Å²) in [6, 6.07) is 9.99. The molecule has 0 bridgehead atoms. The molecule has 4 nitrogen and oxygen atoms in total.